The first-order valence-electron chi connectivity index (χ1n) is 10.2. The zero-order chi connectivity index (χ0) is 23.4. The van der Waals surface area contributed by atoms with Crippen LogP contribution in [-0.2, 0) is 9.59 Å². The molecule has 2 amide bonds. The van der Waals surface area contributed by atoms with E-state index in [2.05, 4.69) is 66.1 Å². The van der Waals surface area contributed by atoms with Gasteiger partial charge in [-0.1, -0.05) is 22.0 Å². The number of benzene rings is 2. The normalized spacial score (nSPS) is 19.1. The molecule has 1 N–H and O–H groups in total. The number of likely N-dealkylation sites (N-methyl/N-ethyl adjacent to an activating group) is 1. The van der Waals surface area contributed by atoms with Crippen molar-refractivity contribution in [1.82, 2.24) is 5.32 Å². The van der Waals surface area contributed by atoms with Crippen LogP contribution in [0.3, 0.4) is 0 Å². The van der Waals surface area contributed by atoms with Crippen molar-refractivity contribution in [3.05, 3.63) is 69.2 Å². The maximum atomic E-state index is 13.3. The van der Waals surface area contributed by atoms with E-state index in [9.17, 15) is 9.59 Å². The highest BCUT2D eigenvalue weighted by Gasteiger charge is 2.35. The Morgan fingerprint density at radius 2 is 1.75 bits per heavy atom. The number of hydrogen-bond donors (Lipinski definition) is 1. The van der Waals surface area contributed by atoms with Crippen molar-refractivity contribution in [3.63, 3.8) is 0 Å². The fraction of sp³-hybridized carbons (Fsp3) is 0.240. The number of anilines is 2. The van der Waals surface area contributed by atoms with Crippen LogP contribution in [0.4, 0.5) is 11.4 Å². The van der Waals surface area contributed by atoms with Gasteiger partial charge in [-0.05, 0) is 99.1 Å². The third kappa shape index (κ3) is 3.80. The molecule has 5 nitrogen and oxygen atoms in total. The monoisotopic (exact) mass is 509 g/mol. The number of aryl methyl sites for hydroxylation is 1. The van der Waals surface area contributed by atoms with Gasteiger partial charge >= 0.3 is 0 Å². The number of amides is 2. The molecule has 2 aliphatic rings. The molecule has 0 atom stereocenters. The Labute approximate surface area is 201 Å². The minimum absolute atomic E-state index is 0.0516. The molecule has 1 fully saturated rings. The lowest BCUT2D eigenvalue weighted by atomic mass is 9.87. The summed E-state index contributed by atoms with van der Waals surface area (Å²) in [6.07, 6.45) is 3.89. The van der Waals surface area contributed by atoms with Crippen molar-refractivity contribution in [3.8, 4) is 0 Å². The van der Waals surface area contributed by atoms with Crippen molar-refractivity contribution in [2.24, 2.45) is 0 Å². The van der Waals surface area contributed by atoms with Crippen LogP contribution in [-0.4, -0.2) is 29.5 Å². The predicted molar refractivity (Wildman–Crippen MR) is 138 cm³/mol. The van der Waals surface area contributed by atoms with Gasteiger partial charge in [-0.15, -0.1) is 0 Å². The molecule has 0 aromatic heterocycles. The number of rotatable bonds is 2. The molecule has 0 spiro atoms. The maximum absolute atomic E-state index is 13.3. The average molecular weight is 510 g/mol. The fourth-order valence-electron chi connectivity index (χ4n) is 4.11. The Morgan fingerprint density at radius 1 is 1.09 bits per heavy atom. The molecule has 0 bridgehead atoms. The Hall–Kier alpha value is -2.77. The Morgan fingerprint density at radius 3 is 2.41 bits per heavy atom. The van der Waals surface area contributed by atoms with Crippen LogP contribution in [0.1, 0.15) is 37.5 Å². The summed E-state index contributed by atoms with van der Waals surface area (Å²) in [5, 5.41) is 2.72. The summed E-state index contributed by atoms with van der Waals surface area (Å²) < 4.78 is 0.887. The van der Waals surface area contributed by atoms with E-state index >= 15 is 0 Å². The SMILES string of the molecule is CC1=CC(C)(C)N(C)c2cc(C)c(/C=C3\C(=O)NC(=S)N(c4ccc(Br)cc4)C3=O)cc21. The van der Waals surface area contributed by atoms with Crippen LogP contribution in [0, 0.1) is 6.92 Å². The minimum atomic E-state index is -0.490. The third-order valence-corrected chi connectivity index (χ3v) is 6.90. The molecule has 32 heavy (non-hydrogen) atoms. The molecular formula is C25H24BrN3O2S. The summed E-state index contributed by atoms with van der Waals surface area (Å²) in [4.78, 5) is 29.6. The Bertz CT molecular complexity index is 1230. The van der Waals surface area contributed by atoms with Gasteiger partial charge in [-0.25, -0.2) is 0 Å². The van der Waals surface area contributed by atoms with Gasteiger partial charge in [0.05, 0.1) is 11.2 Å². The highest BCUT2D eigenvalue weighted by molar-refractivity contribution is 9.10. The van der Waals surface area contributed by atoms with Crippen LogP contribution in [0.25, 0.3) is 11.6 Å². The summed E-state index contributed by atoms with van der Waals surface area (Å²) in [7, 11) is 2.08. The van der Waals surface area contributed by atoms with E-state index in [1.54, 1.807) is 18.2 Å². The summed E-state index contributed by atoms with van der Waals surface area (Å²) in [5.41, 5.74) is 5.75. The second-order valence-corrected chi connectivity index (χ2v) is 10.0. The number of carbonyl (C=O) groups is 2. The Balaban J connectivity index is 1.78. The molecule has 164 valence electrons. The van der Waals surface area contributed by atoms with E-state index in [4.69, 9.17) is 12.2 Å². The lowest BCUT2D eigenvalue weighted by molar-refractivity contribution is -0.122. The molecule has 2 aliphatic heterocycles. The van der Waals surface area contributed by atoms with E-state index in [1.165, 1.54) is 10.5 Å². The number of nitrogens with one attached hydrogen (secondary N) is 1. The van der Waals surface area contributed by atoms with Gasteiger partial charge in [0.2, 0.25) is 0 Å². The first-order chi connectivity index (χ1) is 15.0. The summed E-state index contributed by atoms with van der Waals surface area (Å²) in [6.45, 7) is 8.43. The molecule has 2 aromatic carbocycles. The molecule has 1 saturated heterocycles. The highest BCUT2D eigenvalue weighted by atomic mass is 79.9. The molecule has 2 aromatic rings. The molecule has 0 aliphatic carbocycles. The zero-order valence-corrected chi connectivity index (χ0v) is 21.0. The van der Waals surface area contributed by atoms with Crippen molar-refractivity contribution in [2.45, 2.75) is 33.2 Å². The number of nitrogens with zero attached hydrogens (tertiary/aromatic N) is 2. The molecule has 0 saturated carbocycles. The van der Waals surface area contributed by atoms with Crippen molar-refractivity contribution >= 4 is 68.1 Å². The number of carbonyl (C=O) groups excluding carboxylic acids is 2. The molecule has 0 radical (unpaired) electrons. The summed E-state index contributed by atoms with van der Waals surface area (Å²) >= 11 is 8.68. The maximum Gasteiger partial charge on any atom is 0.270 e. The van der Waals surface area contributed by atoms with Crippen LogP contribution < -0.4 is 15.1 Å². The van der Waals surface area contributed by atoms with E-state index in [-0.39, 0.29) is 16.2 Å². The van der Waals surface area contributed by atoms with Gasteiger partial charge in [0.15, 0.2) is 5.11 Å². The van der Waals surface area contributed by atoms with E-state index < -0.39 is 11.8 Å². The number of halogens is 1. The number of fused-ring (bicyclic) bond motifs is 1. The standard InChI is InChI=1S/C25H24BrN3O2S/c1-14-10-21-19(15(2)13-25(3,4)28(21)5)11-16(14)12-20-22(30)27-24(32)29(23(20)31)18-8-6-17(26)7-9-18/h6-13H,1-5H3,(H,27,30,32)/b20-12+. The number of allylic oxidation sites excluding steroid dienone is 1. The topological polar surface area (TPSA) is 52.7 Å². The second-order valence-electron chi connectivity index (χ2n) is 8.70. The van der Waals surface area contributed by atoms with Gasteiger partial charge in [0, 0.05) is 22.8 Å². The smallest absolute Gasteiger partial charge is 0.270 e. The van der Waals surface area contributed by atoms with E-state index in [1.807, 2.05) is 25.1 Å². The van der Waals surface area contributed by atoms with E-state index in [0.29, 0.717) is 5.69 Å². The predicted octanol–water partition coefficient (Wildman–Crippen LogP) is 5.22. The van der Waals surface area contributed by atoms with Gasteiger partial charge in [0.25, 0.3) is 11.8 Å². The summed E-state index contributed by atoms with van der Waals surface area (Å²) in [6, 6.07) is 11.4. The van der Waals surface area contributed by atoms with Gasteiger partial charge in [-0.2, -0.15) is 0 Å². The van der Waals surface area contributed by atoms with Gasteiger partial charge < -0.3 is 4.90 Å². The quantitative estimate of drug-likeness (QED) is 0.342. The molecule has 2 heterocycles. The van der Waals surface area contributed by atoms with Crippen LogP contribution in [0.2, 0.25) is 0 Å². The number of thiocarbonyl (C=S) groups is 1. The summed E-state index contributed by atoms with van der Waals surface area (Å²) in [5.74, 6) is -0.931. The first-order valence-corrected chi connectivity index (χ1v) is 11.4. The van der Waals surface area contributed by atoms with Crippen molar-refractivity contribution in [2.75, 3.05) is 16.8 Å². The van der Waals surface area contributed by atoms with Gasteiger partial charge in [0.1, 0.15) is 5.57 Å². The molecule has 7 heteroatoms. The molecule has 0 unspecified atom stereocenters. The van der Waals surface area contributed by atoms with Crippen LogP contribution in [0.15, 0.2) is 52.5 Å². The molecule has 4 rings (SSSR count). The minimum Gasteiger partial charge on any atom is -0.365 e. The third-order valence-electron chi connectivity index (χ3n) is 6.09. The van der Waals surface area contributed by atoms with Crippen LogP contribution in [0.5, 0.6) is 0 Å². The highest BCUT2D eigenvalue weighted by Crippen LogP contribution is 2.39. The lowest BCUT2D eigenvalue weighted by Gasteiger charge is -2.41. The number of hydrogen-bond acceptors (Lipinski definition) is 4. The van der Waals surface area contributed by atoms with E-state index in [0.717, 1.165) is 26.9 Å². The lowest BCUT2D eigenvalue weighted by Crippen LogP contribution is -2.54. The molecular weight excluding hydrogens is 486 g/mol. The Kier molecular flexibility index (Phi) is 5.59. The second kappa shape index (κ2) is 7.98. The van der Waals surface area contributed by atoms with Crippen LogP contribution >= 0.6 is 28.1 Å². The largest absolute Gasteiger partial charge is 0.365 e. The average Bonchev–Trinajstić information content (AvgIpc) is 2.71. The van der Waals surface area contributed by atoms with Gasteiger partial charge in [-0.3, -0.25) is 19.8 Å². The van der Waals surface area contributed by atoms with Crippen molar-refractivity contribution < 1.29 is 9.59 Å². The zero-order valence-electron chi connectivity index (χ0n) is 18.6. The van der Waals surface area contributed by atoms with Crippen molar-refractivity contribution in [1.29, 1.82) is 0 Å². The fourth-order valence-corrected chi connectivity index (χ4v) is 4.66. The first kappa shape index (κ1) is 22.4.